The second-order valence-electron chi connectivity index (χ2n) is 3.61. The molecule has 1 aromatic rings. The van der Waals surface area contributed by atoms with Crippen LogP contribution in [0, 0.1) is 0 Å². The summed E-state index contributed by atoms with van der Waals surface area (Å²) >= 11 is 0. The number of aromatic amines is 1. The molecule has 0 aromatic carbocycles. The Hall–Kier alpha value is -1.92. The third-order valence-electron chi connectivity index (χ3n) is 2.36. The number of aryl methyl sites for hydroxylation is 1. The van der Waals surface area contributed by atoms with E-state index in [0.717, 1.165) is 0 Å². The highest BCUT2D eigenvalue weighted by atomic mass is 16.2. The van der Waals surface area contributed by atoms with E-state index in [2.05, 4.69) is 20.5 Å². The molecule has 7 nitrogen and oxygen atoms in total. The summed E-state index contributed by atoms with van der Waals surface area (Å²) in [6.45, 7) is 2.26. The molecule has 0 aliphatic rings. The van der Waals surface area contributed by atoms with E-state index < -0.39 is 0 Å². The molecule has 1 aromatic heterocycles. The summed E-state index contributed by atoms with van der Waals surface area (Å²) in [6, 6.07) is 0. The van der Waals surface area contributed by atoms with Crippen LogP contribution in [0.3, 0.4) is 0 Å². The molecule has 0 radical (unpaired) electrons. The van der Waals surface area contributed by atoms with Crippen LogP contribution in [0.15, 0.2) is 0 Å². The van der Waals surface area contributed by atoms with Crippen molar-refractivity contribution in [3.05, 3.63) is 11.6 Å². The van der Waals surface area contributed by atoms with Crippen molar-refractivity contribution in [3.8, 4) is 0 Å². The van der Waals surface area contributed by atoms with Crippen LogP contribution in [0.2, 0.25) is 0 Å². The lowest BCUT2D eigenvalue weighted by atomic mass is 10.3. The van der Waals surface area contributed by atoms with E-state index in [9.17, 15) is 9.59 Å². The minimum atomic E-state index is -0.287. The largest absolute Gasteiger partial charge is 0.359 e. The lowest BCUT2D eigenvalue weighted by Crippen LogP contribution is -2.32. The van der Waals surface area contributed by atoms with E-state index in [0.29, 0.717) is 18.8 Å². The van der Waals surface area contributed by atoms with Crippen molar-refractivity contribution in [1.29, 1.82) is 0 Å². The fraction of sp³-hybridized carbons (Fsp3) is 0.600. The van der Waals surface area contributed by atoms with Gasteiger partial charge in [0.15, 0.2) is 0 Å². The summed E-state index contributed by atoms with van der Waals surface area (Å²) in [5, 5.41) is 9.00. The van der Waals surface area contributed by atoms with E-state index in [1.165, 1.54) is 4.90 Å². The number of rotatable bonds is 5. The molecule has 0 saturated carbocycles. The van der Waals surface area contributed by atoms with Crippen LogP contribution in [-0.4, -0.2) is 52.5 Å². The standard InChI is InChI=1S/C10H17N5O2/c1-4-7-12-9(14-13-7)10(17)15(3)6-5-8(16)11-2/h4-6H2,1-3H3,(H,11,16)(H,12,13,14). The van der Waals surface area contributed by atoms with Gasteiger partial charge in [0.1, 0.15) is 5.82 Å². The molecule has 1 heterocycles. The molecule has 0 spiro atoms. The minimum Gasteiger partial charge on any atom is -0.359 e. The number of nitrogens with one attached hydrogen (secondary N) is 2. The van der Waals surface area contributed by atoms with Crippen LogP contribution < -0.4 is 5.32 Å². The Kier molecular flexibility index (Phi) is 4.62. The molecule has 0 saturated heterocycles. The lowest BCUT2D eigenvalue weighted by molar-refractivity contribution is -0.120. The Bertz CT molecular complexity index is 401. The Morgan fingerprint density at radius 2 is 2.18 bits per heavy atom. The highest BCUT2D eigenvalue weighted by Crippen LogP contribution is 1.99. The summed E-state index contributed by atoms with van der Waals surface area (Å²) < 4.78 is 0. The van der Waals surface area contributed by atoms with Crippen molar-refractivity contribution in [1.82, 2.24) is 25.4 Å². The number of hydrogen-bond donors (Lipinski definition) is 2. The van der Waals surface area contributed by atoms with Gasteiger partial charge in [0, 0.05) is 33.5 Å². The SMILES string of the molecule is CCc1nc(C(=O)N(C)CCC(=O)NC)n[nH]1. The number of hydrogen-bond acceptors (Lipinski definition) is 4. The van der Waals surface area contributed by atoms with Crippen molar-refractivity contribution >= 4 is 11.8 Å². The zero-order chi connectivity index (χ0) is 12.8. The number of carbonyl (C=O) groups is 2. The fourth-order valence-electron chi connectivity index (χ4n) is 1.22. The zero-order valence-electron chi connectivity index (χ0n) is 10.3. The fourth-order valence-corrected chi connectivity index (χ4v) is 1.22. The maximum atomic E-state index is 11.8. The van der Waals surface area contributed by atoms with Gasteiger partial charge in [-0.15, -0.1) is 5.10 Å². The number of amides is 2. The van der Waals surface area contributed by atoms with Gasteiger partial charge in [0.25, 0.3) is 5.91 Å². The van der Waals surface area contributed by atoms with E-state index >= 15 is 0 Å². The summed E-state index contributed by atoms with van der Waals surface area (Å²) in [5.74, 6) is 0.424. The third-order valence-corrected chi connectivity index (χ3v) is 2.36. The van der Waals surface area contributed by atoms with Crippen molar-refractivity contribution in [2.45, 2.75) is 19.8 Å². The molecule has 7 heteroatoms. The number of nitrogens with zero attached hydrogens (tertiary/aromatic N) is 3. The van der Waals surface area contributed by atoms with Gasteiger partial charge in [-0.3, -0.25) is 14.7 Å². The molecule has 2 N–H and O–H groups in total. The van der Waals surface area contributed by atoms with Gasteiger partial charge in [-0.05, 0) is 0 Å². The van der Waals surface area contributed by atoms with Crippen molar-refractivity contribution in [2.24, 2.45) is 0 Å². The summed E-state index contributed by atoms with van der Waals surface area (Å²) in [7, 11) is 3.18. The first-order chi connectivity index (χ1) is 8.08. The van der Waals surface area contributed by atoms with Crippen LogP contribution in [0.5, 0.6) is 0 Å². The summed E-state index contributed by atoms with van der Waals surface area (Å²) in [4.78, 5) is 28.3. The van der Waals surface area contributed by atoms with Crippen molar-refractivity contribution in [2.75, 3.05) is 20.6 Å². The first-order valence-electron chi connectivity index (χ1n) is 5.45. The van der Waals surface area contributed by atoms with Crippen molar-refractivity contribution < 1.29 is 9.59 Å². The molecule has 1 rings (SSSR count). The first-order valence-corrected chi connectivity index (χ1v) is 5.45. The van der Waals surface area contributed by atoms with Crippen LogP contribution in [0.4, 0.5) is 0 Å². The summed E-state index contributed by atoms with van der Waals surface area (Å²) in [6.07, 6.45) is 0.964. The minimum absolute atomic E-state index is 0.103. The zero-order valence-corrected chi connectivity index (χ0v) is 10.3. The average molecular weight is 239 g/mol. The van der Waals surface area contributed by atoms with Crippen LogP contribution >= 0.6 is 0 Å². The molecular weight excluding hydrogens is 222 g/mol. The Labute approximate surface area is 99.6 Å². The van der Waals surface area contributed by atoms with Crippen molar-refractivity contribution in [3.63, 3.8) is 0 Å². The normalized spacial score (nSPS) is 10.1. The van der Waals surface area contributed by atoms with Gasteiger partial charge in [-0.2, -0.15) is 0 Å². The molecule has 0 aliphatic carbocycles. The van der Waals surface area contributed by atoms with E-state index in [4.69, 9.17) is 0 Å². The second kappa shape index (κ2) is 5.97. The van der Waals surface area contributed by atoms with E-state index in [1.807, 2.05) is 6.92 Å². The van der Waals surface area contributed by atoms with Gasteiger partial charge >= 0.3 is 0 Å². The Balaban J connectivity index is 2.54. The highest BCUT2D eigenvalue weighted by molar-refractivity contribution is 5.90. The molecule has 0 atom stereocenters. The lowest BCUT2D eigenvalue weighted by Gasteiger charge is -2.14. The average Bonchev–Trinajstić information content (AvgIpc) is 2.83. The molecule has 0 aliphatic heterocycles. The molecule has 94 valence electrons. The third kappa shape index (κ3) is 3.54. The van der Waals surface area contributed by atoms with E-state index in [-0.39, 0.29) is 24.1 Å². The number of H-pyrrole nitrogens is 1. The number of aromatic nitrogens is 3. The maximum Gasteiger partial charge on any atom is 0.293 e. The van der Waals surface area contributed by atoms with Gasteiger partial charge in [-0.25, -0.2) is 4.98 Å². The van der Waals surface area contributed by atoms with Gasteiger partial charge in [-0.1, -0.05) is 6.92 Å². The van der Waals surface area contributed by atoms with E-state index in [1.54, 1.807) is 14.1 Å². The summed E-state index contributed by atoms with van der Waals surface area (Å²) in [5.41, 5.74) is 0. The van der Waals surface area contributed by atoms with Gasteiger partial charge in [0.2, 0.25) is 11.7 Å². The smallest absolute Gasteiger partial charge is 0.293 e. The second-order valence-corrected chi connectivity index (χ2v) is 3.61. The quantitative estimate of drug-likeness (QED) is 0.729. The Morgan fingerprint density at radius 1 is 1.47 bits per heavy atom. The molecular formula is C10H17N5O2. The van der Waals surface area contributed by atoms with Crippen LogP contribution in [-0.2, 0) is 11.2 Å². The number of carbonyl (C=O) groups excluding carboxylic acids is 2. The van der Waals surface area contributed by atoms with Crippen LogP contribution in [0.1, 0.15) is 29.8 Å². The maximum absolute atomic E-state index is 11.8. The molecule has 0 unspecified atom stereocenters. The molecule has 17 heavy (non-hydrogen) atoms. The monoisotopic (exact) mass is 239 g/mol. The topological polar surface area (TPSA) is 91.0 Å². The van der Waals surface area contributed by atoms with Gasteiger partial charge < -0.3 is 10.2 Å². The predicted molar refractivity (Wildman–Crippen MR) is 61.4 cm³/mol. The molecule has 0 fully saturated rings. The first kappa shape index (κ1) is 13.1. The molecule has 0 bridgehead atoms. The van der Waals surface area contributed by atoms with Gasteiger partial charge in [0.05, 0.1) is 0 Å². The van der Waals surface area contributed by atoms with Crippen LogP contribution in [0.25, 0.3) is 0 Å². The Morgan fingerprint density at radius 3 is 2.71 bits per heavy atom. The molecule has 2 amide bonds. The predicted octanol–water partition coefficient (Wildman–Crippen LogP) is -0.425. The highest BCUT2D eigenvalue weighted by Gasteiger charge is 2.17.